The summed E-state index contributed by atoms with van der Waals surface area (Å²) in [5.41, 5.74) is 9.93. The lowest BCUT2D eigenvalue weighted by atomic mass is 9.84. The number of phenols is 3. The number of carboxylic acids is 2. The van der Waals surface area contributed by atoms with Crippen molar-refractivity contribution in [2.75, 3.05) is 13.2 Å². The number of hydrogen-bond acceptors (Lipinski definition) is 27. The van der Waals surface area contributed by atoms with E-state index in [1.54, 1.807) is 26.0 Å². The first-order chi connectivity index (χ1) is 56.5. The number of aliphatic hydroxyl groups excluding tert-OH is 6. The maximum absolute atomic E-state index is 16.2. The van der Waals surface area contributed by atoms with Crippen LogP contribution in [0.5, 0.6) is 46.0 Å². The Bertz CT molecular complexity index is 5030. The lowest BCUT2D eigenvalue weighted by Gasteiger charge is -2.48. The van der Waals surface area contributed by atoms with Crippen molar-refractivity contribution >= 4 is 76.5 Å². The van der Waals surface area contributed by atoms with Gasteiger partial charge in [0, 0.05) is 41.3 Å². The fourth-order valence-corrected chi connectivity index (χ4v) is 15.1. The molecule has 7 heterocycles. The molecule has 632 valence electrons. The SMILES string of the molecule is CC(C)C[C@@H](N)C(=O)NC1C(=O)NC(CC(N)=O)C(=O)N[C@H]2C(=O)NC3C(=O)N[C@H](C(=O)N[C@@H](C(=O)O)c4cc(O)cc(O)c4-c4cc3ccc4O)[C@H](O)c3ccc(c(Cl)c3)Oc3cc2cc(c3OC2OC(CO)C(O)C(O)C2OC2CC(C)(NCC(OCc3ccc(-c4ccccc4)cc3)C(=O)O)C(O)C(C)O2)Oc2ccc(cc2Cl)[C@H]1O. The fraction of sp³-hybridized carbons (Fsp3) is 0.370. The van der Waals surface area contributed by atoms with E-state index < -0.39 is 267 Å². The molecule has 22 N–H and O–H groups in total. The highest BCUT2D eigenvalue weighted by molar-refractivity contribution is 6.32. The number of rotatable bonds is 20. The fourth-order valence-electron chi connectivity index (χ4n) is 14.6. The van der Waals surface area contributed by atoms with Crippen LogP contribution in [0, 0.1) is 5.92 Å². The number of nitrogens with one attached hydrogen (secondary N) is 7. The topological polar surface area (TPSA) is 577 Å². The third-order valence-electron chi connectivity index (χ3n) is 20.9. The zero-order chi connectivity index (χ0) is 85.9. The molecule has 0 aliphatic carbocycles. The number of carbonyl (C=O) groups excluding carboxylic acids is 7. The van der Waals surface area contributed by atoms with Crippen LogP contribution in [0.1, 0.15) is 111 Å². The average Bonchev–Trinajstić information content (AvgIpc) is 0.768. The molecular formula is C81H87Cl2N9O27. The molecule has 14 rings (SSSR count). The minimum atomic E-state index is -2.41. The number of primary amides is 1. The molecule has 13 unspecified atom stereocenters. The van der Waals surface area contributed by atoms with Crippen molar-refractivity contribution in [2.24, 2.45) is 17.4 Å². The first kappa shape index (κ1) is 87.0. The number of aliphatic carboxylic acids is 2. The molecule has 7 aromatic rings. The van der Waals surface area contributed by atoms with Crippen LogP contribution in [0.15, 0.2) is 133 Å². The summed E-state index contributed by atoms with van der Waals surface area (Å²) in [6.45, 7) is 4.90. The molecule has 11 bridgehead atoms. The molecule has 7 amide bonds. The predicted molar refractivity (Wildman–Crippen MR) is 416 cm³/mol. The normalized spacial score (nSPS) is 27.0. The number of nitrogens with two attached hydrogens (primary N) is 2. The van der Waals surface area contributed by atoms with Gasteiger partial charge in [-0.05, 0) is 120 Å². The third-order valence-corrected chi connectivity index (χ3v) is 21.5. The van der Waals surface area contributed by atoms with E-state index in [-0.39, 0.29) is 42.1 Å². The van der Waals surface area contributed by atoms with Gasteiger partial charge in [-0.15, -0.1) is 0 Å². The number of aliphatic hydroxyl groups is 6. The maximum Gasteiger partial charge on any atom is 0.334 e. The van der Waals surface area contributed by atoms with Crippen LogP contribution in [0.25, 0.3) is 22.3 Å². The van der Waals surface area contributed by atoms with Crippen molar-refractivity contribution in [1.82, 2.24) is 37.2 Å². The van der Waals surface area contributed by atoms with Crippen molar-refractivity contribution in [1.29, 1.82) is 0 Å². The van der Waals surface area contributed by atoms with Crippen molar-refractivity contribution in [3.05, 3.63) is 177 Å². The van der Waals surface area contributed by atoms with E-state index in [2.05, 4.69) is 37.2 Å². The van der Waals surface area contributed by atoms with Gasteiger partial charge in [-0.3, -0.25) is 33.6 Å². The Morgan fingerprint density at radius 1 is 0.664 bits per heavy atom. The molecule has 2 fully saturated rings. The molecule has 7 aliphatic rings. The summed E-state index contributed by atoms with van der Waals surface area (Å²) in [5, 5.41) is 143. The average molecular weight is 1690 g/mol. The lowest BCUT2D eigenvalue weighted by molar-refractivity contribution is -0.334. The summed E-state index contributed by atoms with van der Waals surface area (Å²) in [5.74, 6) is -18.2. The Hall–Kier alpha value is -11.3. The van der Waals surface area contributed by atoms with Crippen molar-refractivity contribution in [2.45, 2.75) is 169 Å². The first-order valence-corrected chi connectivity index (χ1v) is 38.2. The molecule has 19 atom stereocenters. The summed E-state index contributed by atoms with van der Waals surface area (Å²) >= 11 is 14.2. The number of amides is 7. The molecule has 0 aromatic heterocycles. The number of carboxylic acid groups (broad SMARTS) is 2. The molecular weight excluding hydrogens is 1600 g/mol. The van der Waals surface area contributed by atoms with Gasteiger partial charge in [0.25, 0.3) is 0 Å². The Labute approximate surface area is 687 Å². The van der Waals surface area contributed by atoms with Gasteiger partial charge in [0.15, 0.2) is 36.0 Å². The van der Waals surface area contributed by atoms with E-state index in [0.717, 1.165) is 83.9 Å². The number of fused-ring (bicyclic) bond motifs is 15. The second kappa shape index (κ2) is 36.5. The molecule has 0 radical (unpaired) electrons. The minimum Gasteiger partial charge on any atom is -0.508 e. The second-order valence-electron chi connectivity index (χ2n) is 30.0. The summed E-state index contributed by atoms with van der Waals surface area (Å²) in [6, 6.07) is 15.2. The van der Waals surface area contributed by atoms with Crippen LogP contribution in [0.4, 0.5) is 0 Å². The van der Waals surface area contributed by atoms with E-state index >= 15 is 14.4 Å². The van der Waals surface area contributed by atoms with Gasteiger partial charge in [0.1, 0.15) is 89.5 Å². The zero-order valence-corrected chi connectivity index (χ0v) is 65.3. The molecule has 0 saturated carbocycles. The number of aromatic hydroxyl groups is 3. The molecule has 0 spiro atoms. The molecule has 7 aliphatic heterocycles. The van der Waals surface area contributed by atoms with Gasteiger partial charge in [0.05, 0.1) is 47.9 Å². The van der Waals surface area contributed by atoms with Gasteiger partial charge < -0.3 is 138 Å². The van der Waals surface area contributed by atoms with Gasteiger partial charge in [-0.2, -0.15) is 0 Å². The number of hydrogen-bond donors (Lipinski definition) is 20. The van der Waals surface area contributed by atoms with Gasteiger partial charge in [-0.1, -0.05) is 110 Å². The van der Waals surface area contributed by atoms with Crippen LogP contribution >= 0.6 is 23.2 Å². The summed E-state index contributed by atoms with van der Waals surface area (Å²) in [6.07, 6.45) is -21.6. The van der Waals surface area contributed by atoms with Crippen molar-refractivity contribution < 1.29 is 132 Å². The molecule has 36 nitrogen and oxygen atoms in total. The highest BCUT2D eigenvalue weighted by Gasteiger charge is 2.53. The van der Waals surface area contributed by atoms with E-state index in [0.29, 0.717) is 5.56 Å². The Morgan fingerprint density at radius 3 is 1.89 bits per heavy atom. The van der Waals surface area contributed by atoms with Gasteiger partial charge in [-0.25, -0.2) is 9.59 Å². The Balaban J connectivity index is 1.01. The summed E-state index contributed by atoms with van der Waals surface area (Å²) in [4.78, 5) is 130. The van der Waals surface area contributed by atoms with E-state index in [1.165, 1.54) is 19.9 Å². The standard InChI is InChI=1S/C81H87Cl2N9O27/c1-33(2)20-47(84)72(103)91-63-65(98)39-15-18-51(45(82)22-39)115-53-24-41-25-54(69(53)119-80-70(68(101)67(100)56(31-93)117-80)118-58-29-81(4,71(102)34(3)114-58)86-30-55(78(109)110)113-32-35-10-12-37(13-11-35)36-8-6-5-7-9-36)116-52-19-16-40(23-46(52)83)66(99)64-77(108)90-62(79(111)112)44-26-42(94)27-50(96)59(44)43-21-38(14-17-49(43)95)60(74(105)92-64)89-75(106)61(41)88-73(104)48(28-57(85)97)87-76(63)107/h5-19,21-27,33-34,47-48,55-56,58,60-68,70-71,80,86,93-96,98-102H,20,28-32,84H2,1-4H3,(H2,85,97)(H,87,107)(H,88,104)(H,89,106)(H,90,108)(H,91,103)(H,92,105)(H,109,110)(H,111,112)/t34?,47-,48?,55?,56?,58?,60?,61-,62-,63?,64+,65-,66-,67?,68?,70?,71?,80?,81?/m1/s1. The molecule has 38 heteroatoms. The lowest BCUT2D eigenvalue weighted by Crippen LogP contribution is -2.66. The zero-order valence-electron chi connectivity index (χ0n) is 63.8. The number of ether oxygens (including phenoxy) is 7. The first-order valence-electron chi connectivity index (χ1n) is 37.5. The van der Waals surface area contributed by atoms with Crippen LogP contribution in [-0.2, 0) is 68.7 Å². The number of benzene rings is 7. The quantitative estimate of drug-likeness (QED) is 0.0521. The van der Waals surface area contributed by atoms with Gasteiger partial charge in [0.2, 0.25) is 53.4 Å². The number of phenolic OH excluding ortho intramolecular Hbond substituents is 3. The van der Waals surface area contributed by atoms with Crippen LogP contribution in [0.2, 0.25) is 10.0 Å². The smallest absolute Gasteiger partial charge is 0.334 e. The number of halogens is 2. The van der Waals surface area contributed by atoms with Crippen LogP contribution in [0.3, 0.4) is 0 Å². The highest BCUT2D eigenvalue weighted by atomic mass is 35.5. The summed E-state index contributed by atoms with van der Waals surface area (Å²) in [7, 11) is 0. The van der Waals surface area contributed by atoms with E-state index in [1.807, 2.05) is 42.5 Å². The Kier molecular flexibility index (Phi) is 26.7. The Morgan fingerprint density at radius 2 is 1.28 bits per heavy atom. The number of carbonyl (C=O) groups is 9. The second-order valence-corrected chi connectivity index (χ2v) is 30.8. The van der Waals surface area contributed by atoms with Crippen LogP contribution < -0.4 is 62.9 Å². The van der Waals surface area contributed by atoms with E-state index in [4.69, 9.17) is 67.8 Å². The molecule has 7 aromatic carbocycles. The monoisotopic (exact) mass is 1690 g/mol. The summed E-state index contributed by atoms with van der Waals surface area (Å²) < 4.78 is 45.1. The third kappa shape index (κ3) is 19.4. The largest absolute Gasteiger partial charge is 0.508 e. The maximum atomic E-state index is 16.2. The van der Waals surface area contributed by atoms with Gasteiger partial charge >= 0.3 is 11.9 Å². The van der Waals surface area contributed by atoms with Crippen molar-refractivity contribution in [3.8, 4) is 68.2 Å². The minimum absolute atomic E-state index is 0.0524. The molecule has 2 saturated heterocycles. The highest BCUT2D eigenvalue weighted by Crippen LogP contribution is 2.50. The molecule has 119 heavy (non-hydrogen) atoms. The van der Waals surface area contributed by atoms with Crippen LogP contribution in [-0.4, -0.2) is 208 Å². The predicted octanol–water partition coefficient (Wildman–Crippen LogP) is 2.81. The van der Waals surface area contributed by atoms with E-state index in [9.17, 15) is 84.9 Å². The van der Waals surface area contributed by atoms with Crippen molar-refractivity contribution in [3.63, 3.8) is 0 Å².